The van der Waals surface area contributed by atoms with Gasteiger partial charge in [-0.25, -0.2) is 0 Å². The molecule has 4 heteroatoms. The van der Waals surface area contributed by atoms with E-state index in [1.807, 2.05) is 36.4 Å². The molecule has 0 aliphatic carbocycles. The normalized spacial score (nSPS) is 14.3. The second kappa shape index (κ2) is 4.49. The third-order valence-electron chi connectivity index (χ3n) is 2.84. The molecule has 2 aromatic rings. The van der Waals surface area contributed by atoms with E-state index in [9.17, 15) is 0 Å². The molecule has 3 rings (SSSR count). The van der Waals surface area contributed by atoms with Crippen molar-refractivity contribution in [1.29, 1.82) is 0 Å². The Balaban J connectivity index is 2.14. The van der Waals surface area contributed by atoms with Gasteiger partial charge in [-0.15, -0.1) is 10.2 Å². The lowest BCUT2D eigenvalue weighted by Gasteiger charge is -2.11. The van der Waals surface area contributed by atoms with Gasteiger partial charge in [-0.1, -0.05) is 48.5 Å². The molecule has 18 heavy (non-hydrogen) atoms. The van der Waals surface area contributed by atoms with Gasteiger partial charge in [0.2, 0.25) is 6.17 Å². The van der Waals surface area contributed by atoms with Crippen molar-refractivity contribution in [3.63, 3.8) is 0 Å². The lowest BCUT2D eigenvalue weighted by atomic mass is 9.96. The van der Waals surface area contributed by atoms with Crippen LogP contribution in [0, 0.1) is 6.92 Å². The Kier molecular flexibility index (Phi) is 2.68. The zero-order chi connectivity index (χ0) is 12.4. The van der Waals surface area contributed by atoms with Crippen LogP contribution < -0.4 is 0 Å². The van der Waals surface area contributed by atoms with Crippen molar-refractivity contribution in [2.24, 2.45) is 20.7 Å². The average Bonchev–Trinajstić information content (AvgIpc) is 2.93. The Hall–Kier alpha value is -2.36. The fourth-order valence-electron chi connectivity index (χ4n) is 2.00. The fraction of sp³-hybridized carbons (Fsp3) is 0.0714. The molecule has 87 valence electrons. The largest absolute Gasteiger partial charge is 0.211 e. The van der Waals surface area contributed by atoms with E-state index in [1.165, 1.54) is 0 Å². The highest BCUT2D eigenvalue weighted by Gasteiger charge is 2.17. The van der Waals surface area contributed by atoms with Gasteiger partial charge in [-0.3, -0.25) is 0 Å². The van der Waals surface area contributed by atoms with Gasteiger partial charge in [0, 0.05) is 5.56 Å². The molecule has 0 unspecified atom stereocenters. The predicted octanol–water partition coefficient (Wildman–Crippen LogP) is 4.37. The van der Waals surface area contributed by atoms with Crippen molar-refractivity contribution in [2.75, 3.05) is 0 Å². The van der Waals surface area contributed by atoms with Gasteiger partial charge in [-0.2, -0.15) is 0 Å². The van der Waals surface area contributed by atoms with Gasteiger partial charge in [0.1, 0.15) is 0 Å². The molecule has 4 nitrogen and oxygen atoms in total. The summed E-state index contributed by atoms with van der Waals surface area (Å²) >= 11 is 0. The smallest absolute Gasteiger partial charge is 0.133 e. The summed E-state index contributed by atoms with van der Waals surface area (Å²) in [5.41, 5.74) is 4.14. The van der Waals surface area contributed by atoms with Gasteiger partial charge in [0.25, 0.3) is 0 Å². The summed E-state index contributed by atoms with van der Waals surface area (Å²) in [5.74, 6) is 0. The molecule has 0 fully saturated rings. The van der Waals surface area contributed by atoms with Crippen LogP contribution in [0.15, 0.2) is 69.2 Å². The summed E-state index contributed by atoms with van der Waals surface area (Å²) in [5, 5.41) is 15.1. The number of nitrogens with zero attached hydrogens (tertiary/aromatic N) is 4. The van der Waals surface area contributed by atoms with Gasteiger partial charge in [-0.05, 0) is 34.1 Å². The Bertz CT molecular complexity index is 605. The number of hydrogen-bond donors (Lipinski definition) is 0. The van der Waals surface area contributed by atoms with Crippen LogP contribution in [0.1, 0.15) is 17.3 Å². The fourth-order valence-corrected chi connectivity index (χ4v) is 2.00. The molecule has 2 aromatic carbocycles. The zero-order valence-corrected chi connectivity index (χ0v) is 9.69. The molecule has 1 radical (unpaired) electrons. The van der Waals surface area contributed by atoms with Crippen molar-refractivity contribution < 1.29 is 0 Å². The highest BCUT2D eigenvalue weighted by Crippen LogP contribution is 2.33. The van der Waals surface area contributed by atoms with E-state index >= 15 is 0 Å². The van der Waals surface area contributed by atoms with E-state index in [2.05, 4.69) is 39.7 Å². The van der Waals surface area contributed by atoms with Gasteiger partial charge in [0.05, 0.1) is 0 Å². The highest BCUT2D eigenvalue weighted by molar-refractivity contribution is 5.68. The molecular formula is C14H11N4. The predicted molar refractivity (Wildman–Crippen MR) is 68.8 cm³/mol. The van der Waals surface area contributed by atoms with E-state index in [0.29, 0.717) is 0 Å². The quantitative estimate of drug-likeness (QED) is 0.742. The van der Waals surface area contributed by atoms with E-state index in [4.69, 9.17) is 0 Å². The summed E-state index contributed by atoms with van der Waals surface area (Å²) in [6.07, 6.45) is -0.345. The van der Waals surface area contributed by atoms with E-state index in [-0.39, 0.29) is 6.17 Å². The molecule has 1 heterocycles. The molecule has 0 saturated heterocycles. The minimum Gasteiger partial charge on any atom is -0.133 e. The first-order chi connectivity index (χ1) is 8.84. The number of benzene rings is 2. The van der Waals surface area contributed by atoms with Crippen molar-refractivity contribution in [1.82, 2.24) is 0 Å². The molecule has 0 atom stereocenters. The lowest BCUT2D eigenvalue weighted by Crippen LogP contribution is -1.94. The van der Waals surface area contributed by atoms with Crippen LogP contribution in [0.25, 0.3) is 11.1 Å². The summed E-state index contributed by atoms with van der Waals surface area (Å²) < 4.78 is 0. The second-order valence-corrected chi connectivity index (χ2v) is 4.07. The Labute approximate surface area is 105 Å². The second-order valence-electron chi connectivity index (χ2n) is 4.07. The minimum atomic E-state index is -0.345. The van der Waals surface area contributed by atoms with Crippen LogP contribution in [-0.4, -0.2) is 0 Å². The van der Waals surface area contributed by atoms with Crippen LogP contribution in [0.3, 0.4) is 0 Å². The number of hydrogen-bond acceptors (Lipinski definition) is 4. The third kappa shape index (κ3) is 1.93. The molecule has 1 aliphatic rings. The number of rotatable bonds is 2. The molecule has 1 aliphatic heterocycles. The van der Waals surface area contributed by atoms with E-state index < -0.39 is 0 Å². The molecule has 0 bridgehead atoms. The average molecular weight is 235 g/mol. The van der Waals surface area contributed by atoms with E-state index in [0.717, 1.165) is 22.3 Å². The molecule has 0 aromatic heterocycles. The summed E-state index contributed by atoms with van der Waals surface area (Å²) in [4.78, 5) is 0. The van der Waals surface area contributed by atoms with Crippen LogP contribution in [0.2, 0.25) is 0 Å². The topological polar surface area (TPSA) is 49.4 Å². The zero-order valence-electron chi connectivity index (χ0n) is 9.69. The maximum Gasteiger partial charge on any atom is 0.211 e. The van der Waals surface area contributed by atoms with Crippen LogP contribution in [0.5, 0.6) is 0 Å². The van der Waals surface area contributed by atoms with Crippen molar-refractivity contribution in [2.45, 2.75) is 6.17 Å². The Morgan fingerprint density at radius 2 is 1.61 bits per heavy atom. The van der Waals surface area contributed by atoms with Gasteiger partial charge in [0.15, 0.2) is 0 Å². The molecular weight excluding hydrogens is 224 g/mol. The van der Waals surface area contributed by atoms with Crippen molar-refractivity contribution in [3.8, 4) is 11.1 Å². The SMILES string of the molecule is [CH2]c1ccc(-c2ccccc2)c(C2N=NN=N2)c1. The first-order valence-corrected chi connectivity index (χ1v) is 5.66. The van der Waals surface area contributed by atoms with E-state index in [1.54, 1.807) is 0 Å². The van der Waals surface area contributed by atoms with Gasteiger partial charge < -0.3 is 0 Å². The monoisotopic (exact) mass is 235 g/mol. The van der Waals surface area contributed by atoms with Crippen molar-refractivity contribution >= 4 is 0 Å². The van der Waals surface area contributed by atoms with Crippen molar-refractivity contribution in [3.05, 3.63) is 66.6 Å². The van der Waals surface area contributed by atoms with Crippen LogP contribution in [0.4, 0.5) is 0 Å². The lowest BCUT2D eigenvalue weighted by molar-refractivity contribution is 0.766. The summed E-state index contributed by atoms with van der Waals surface area (Å²) in [6.45, 7) is 3.94. The standard InChI is InChI=1S/C14H11N4/c1-10-7-8-12(11-5-3-2-4-6-11)13(9-10)14-15-17-18-16-14/h2-9,14H,1H2. The Morgan fingerprint density at radius 3 is 2.33 bits per heavy atom. The van der Waals surface area contributed by atoms with Crippen LogP contribution in [-0.2, 0) is 0 Å². The summed E-state index contributed by atoms with van der Waals surface area (Å²) in [6, 6.07) is 16.1. The van der Waals surface area contributed by atoms with Crippen LogP contribution >= 0.6 is 0 Å². The maximum atomic E-state index is 4.00. The first kappa shape index (κ1) is 10.8. The summed E-state index contributed by atoms with van der Waals surface area (Å²) in [7, 11) is 0. The highest BCUT2D eigenvalue weighted by atomic mass is 15.6. The first-order valence-electron chi connectivity index (χ1n) is 5.66. The maximum absolute atomic E-state index is 4.00. The van der Waals surface area contributed by atoms with Gasteiger partial charge >= 0.3 is 0 Å². The molecule has 0 N–H and O–H groups in total. The molecule has 0 amide bonds. The Morgan fingerprint density at radius 1 is 0.889 bits per heavy atom. The molecule has 0 saturated carbocycles. The molecule has 0 spiro atoms. The third-order valence-corrected chi connectivity index (χ3v) is 2.84. The minimum absolute atomic E-state index is 0.345.